The number of aryl methyl sites for hydroxylation is 1. The van der Waals surface area contributed by atoms with E-state index in [2.05, 4.69) is 36.6 Å². The van der Waals surface area contributed by atoms with Crippen molar-refractivity contribution in [2.24, 2.45) is 0 Å². The molecule has 7 nitrogen and oxygen atoms in total. The summed E-state index contributed by atoms with van der Waals surface area (Å²) >= 11 is 1.71. The zero-order valence-electron chi connectivity index (χ0n) is 27.0. The van der Waals surface area contributed by atoms with Crippen molar-refractivity contribution in [3.05, 3.63) is 77.4 Å². The lowest BCUT2D eigenvalue weighted by Crippen LogP contribution is -2.10. The fourth-order valence-electron chi connectivity index (χ4n) is 5.10. The molecule has 3 aromatic rings. The molecule has 0 unspecified atom stereocenters. The van der Waals surface area contributed by atoms with E-state index in [0.717, 1.165) is 65.9 Å². The number of rotatable bonds is 21. The van der Waals surface area contributed by atoms with E-state index in [0.29, 0.717) is 52.1 Å². The lowest BCUT2D eigenvalue weighted by molar-refractivity contribution is -0.144. The van der Waals surface area contributed by atoms with Gasteiger partial charge in [-0.25, -0.2) is 0 Å². The quantitative estimate of drug-likeness (QED) is 0.0715. The number of hydrogen-bond donors (Lipinski definition) is 1. The minimum Gasteiger partial charge on any atom is -0.494 e. The Morgan fingerprint density at radius 2 is 1.44 bits per heavy atom. The molecule has 0 spiro atoms. The maximum absolute atomic E-state index is 12.1. The lowest BCUT2D eigenvalue weighted by Gasteiger charge is -2.16. The fraction of sp³-hybridized carbons (Fsp3) is 0.459. The van der Waals surface area contributed by atoms with E-state index in [4.69, 9.17) is 18.9 Å². The largest absolute Gasteiger partial charge is 0.494 e. The Morgan fingerprint density at radius 1 is 0.733 bits per heavy atom. The summed E-state index contributed by atoms with van der Waals surface area (Å²) in [5, 5.41) is 9.78. The summed E-state index contributed by atoms with van der Waals surface area (Å²) in [6, 6.07) is 20.4. The highest BCUT2D eigenvalue weighted by Gasteiger charge is 2.13. The van der Waals surface area contributed by atoms with Crippen LogP contribution in [0.2, 0.25) is 0 Å². The summed E-state index contributed by atoms with van der Waals surface area (Å²) in [6.45, 7) is 5.33. The molecule has 0 bridgehead atoms. The lowest BCUT2D eigenvalue weighted by atomic mass is 9.96. The number of carbonyl (C=O) groups excluding carboxylic acids is 2. The van der Waals surface area contributed by atoms with Gasteiger partial charge in [0.1, 0.15) is 11.5 Å². The molecule has 8 heteroatoms. The molecule has 45 heavy (non-hydrogen) atoms. The maximum Gasteiger partial charge on any atom is 0.306 e. The van der Waals surface area contributed by atoms with Crippen LogP contribution in [0.5, 0.6) is 11.5 Å². The average Bonchev–Trinajstić information content (AvgIpc) is 3.05. The number of unbranched alkanes of at least 4 members (excludes halogenated alkanes) is 3. The first-order valence-electron chi connectivity index (χ1n) is 16.0. The molecular formula is C37H48O7S. The standard InChI is InChI=1S/C37H48O7S/c1-4-41-36(39)15-11-23-44-35-14-10-13-30(34(35)20-21-37(40)42-5-2)12-8-6-7-9-22-43-32-25-28(27-38)24-31(26-32)29-16-18-33(45-3)19-17-29/h10,13-14,16-19,24-26,38H,4-9,11-12,15,20-23,27H2,1-3H3. The van der Waals surface area contributed by atoms with E-state index in [-0.39, 0.29) is 18.5 Å². The number of aliphatic hydroxyl groups excluding tert-OH is 1. The van der Waals surface area contributed by atoms with Crippen LogP contribution in [0.25, 0.3) is 11.1 Å². The third-order valence-electron chi connectivity index (χ3n) is 7.38. The van der Waals surface area contributed by atoms with Crippen molar-refractivity contribution in [3.8, 4) is 22.6 Å². The summed E-state index contributed by atoms with van der Waals surface area (Å²) in [6.07, 6.45) is 8.70. The zero-order chi connectivity index (χ0) is 32.3. The first-order chi connectivity index (χ1) is 22.0. The van der Waals surface area contributed by atoms with Crippen molar-refractivity contribution in [3.63, 3.8) is 0 Å². The Morgan fingerprint density at radius 3 is 2.16 bits per heavy atom. The van der Waals surface area contributed by atoms with Crippen LogP contribution in [0.3, 0.4) is 0 Å². The molecule has 244 valence electrons. The topological polar surface area (TPSA) is 91.3 Å². The van der Waals surface area contributed by atoms with Crippen molar-refractivity contribution >= 4 is 23.7 Å². The fourth-order valence-corrected chi connectivity index (χ4v) is 5.51. The van der Waals surface area contributed by atoms with Gasteiger partial charge >= 0.3 is 11.9 Å². The molecule has 0 saturated carbocycles. The van der Waals surface area contributed by atoms with Gasteiger partial charge in [0.15, 0.2) is 0 Å². The van der Waals surface area contributed by atoms with E-state index in [1.807, 2.05) is 37.3 Å². The number of ether oxygens (including phenoxy) is 4. The number of thioether (sulfide) groups is 1. The summed E-state index contributed by atoms with van der Waals surface area (Å²) < 4.78 is 22.3. The smallest absolute Gasteiger partial charge is 0.306 e. The molecule has 0 aliphatic heterocycles. The number of carbonyl (C=O) groups is 2. The van der Waals surface area contributed by atoms with Gasteiger partial charge in [-0.3, -0.25) is 9.59 Å². The summed E-state index contributed by atoms with van der Waals surface area (Å²) in [7, 11) is 0. The molecule has 3 aromatic carbocycles. The first kappa shape index (κ1) is 36.0. The van der Waals surface area contributed by atoms with Gasteiger partial charge in [-0.2, -0.15) is 0 Å². The Labute approximate surface area is 272 Å². The second-order valence-electron chi connectivity index (χ2n) is 10.7. The van der Waals surface area contributed by atoms with Crippen molar-refractivity contribution < 1.29 is 33.6 Å². The normalized spacial score (nSPS) is 10.8. The van der Waals surface area contributed by atoms with E-state index in [1.165, 1.54) is 10.5 Å². The van der Waals surface area contributed by atoms with Crippen LogP contribution in [0, 0.1) is 0 Å². The van der Waals surface area contributed by atoms with Crippen LogP contribution in [-0.2, 0) is 38.5 Å². The van der Waals surface area contributed by atoms with Crippen LogP contribution >= 0.6 is 11.8 Å². The summed E-state index contributed by atoms with van der Waals surface area (Å²) in [5.41, 5.74) is 5.18. The predicted molar refractivity (Wildman–Crippen MR) is 180 cm³/mol. The van der Waals surface area contributed by atoms with Crippen molar-refractivity contribution in [2.75, 3.05) is 32.7 Å². The molecule has 0 aromatic heterocycles. The van der Waals surface area contributed by atoms with Gasteiger partial charge in [-0.1, -0.05) is 37.1 Å². The molecule has 0 fully saturated rings. The Balaban J connectivity index is 1.50. The molecule has 0 amide bonds. The summed E-state index contributed by atoms with van der Waals surface area (Å²) in [5.74, 6) is 1.10. The van der Waals surface area contributed by atoms with Crippen molar-refractivity contribution in [1.29, 1.82) is 0 Å². The van der Waals surface area contributed by atoms with Gasteiger partial charge in [-0.05, 0) is 116 Å². The number of esters is 2. The molecule has 0 heterocycles. The molecule has 0 atom stereocenters. The number of aliphatic hydroxyl groups is 1. The second kappa shape index (κ2) is 20.5. The molecule has 0 aliphatic carbocycles. The maximum atomic E-state index is 12.1. The Bertz CT molecular complexity index is 1320. The molecule has 0 radical (unpaired) electrons. The van der Waals surface area contributed by atoms with Crippen LogP contribution in [0.15, 0.2) is 65.6 Å². The van der Waals surface area contributed by atoms with E-state index in [1.54, 1.807) is 18.7 Å². The second-order valence-corrected chi connectivity index (χ2v) is 11.6. The van der Waals surface area contributed by atoms with Gasteiger partial charge in [0.25, 0.3) is 0 Å². The third-order valence-corrected chi connectivity index (χ3v) is 8.13. The molecule has 0 saturated heterocycles. The highest BCUT2D eigenvalue weighted by molar-refractivity contribution is 7.98. The van der Waals surface area contributed by atoms with Gasteiger partial charge in [0, 0.05) is 17.7 Å². The highest BCUT2D eigenvalue weighted by atomic mass is 32.2. The van der Waals surface area contributed by atoms with Crippen molar-refractivity contribution in [2.45, 2.75) is 83.1 Å². The van der Waals surface area contributed by atoms with Crippen LogP contribution in [0.1, 0.15) is 75.5 Å². The van der Waals surface area contributed by atoms with Gasteiger partial charge in [-0.15, -0.1) is 11.8 Å². The summed E-state index contributed by atoms with van der Waals surface area (Å²) in [4.78, 5) is 25.0. The Hall–Kier alpha value is -3.49. The first-order valence-corrected chi connectivity index (χ1v) is 17.3. The molecule has 3 rings (SSSR count). The minimum atomic E-state index is -0.219. The van der Waals surface area contributed by atoms with Crippen LogP contribution in [0.4, 0.5) is 0 Å². The average molecular weight is 637 g/mol. The predicted octanol–water partition coefficient (Wildman–Crippen LogP) is 7.97. The van der Waals surface area contributed by atoms with Crippen LogP contribution in [-0.4, -0.2) is 49.7 Å². The van der Waals surface area contributed by atoms with E-state index < -0.39 is 0 Å². The van der Waals surface area contributed by atoms with Gasteiger partial charge in [0.2, 0.25) is 0 Å². The molecular weight excluding hydrogens is 588 g/mol. The zero-order valence-corrected chi connectivity index (χ0v) is 27.8. The van der Waals surface area contributed by atoms with Crippen LogP contribution < -0.4 is 9.47 Å². The molecule has 0 aliphatic rings. The van der Waals surface area contributed by atoms with Crippen molar-refractivity contribution in [1.82, 2.24) is 0 Å². The molecule has 1 N–H and O–H groups in total. The van der Waals surface area contributed by atoms with Gasteiger partial charge in [0.05, 0.1) is 33.0 Å². The van der Waals surface area contributed by atoms with E-state index in [9.17, 15) is 14.7 Å². The number of hydrogen-bond acceptors (Lipinski definition) is 8. The third kappa shape index (κ3) is 12.8. The minimum absolute atomic E-state index is 0.0330. The van der Waals surface area contributed by atoms with Gasteiger partial charge < -0.3 is 24.1 Å². The monoisotopic (exact) mass is 636 g/mol. The SMILES string of the molecule is CCOC(=O)CCCOc1cccc(CCCCCCOc2cc(CO)cc(-c3ccc(SC)cc3)c2)c1CCC(=O)OCC. The number of benzene rings is 3. The highest BCUT2D eigenvalue weighted by Crippen LogP contribution is 2.29. The van der Waals surface area contributed by atoms with E-state index >= 15 is 0 Å². The Kier molecular flexibility index (Phi) is 16.4.